The highest BCUT2D eigenvalue weighted by Crippen LogP contribution is 2.21. The van der Waals surface area contributed by atoms with E-state index >= 15 is 0 Å². The van der Waals surface area contributed by atoms with Gasteiger partial charge in [0.15, 0.2) is 5.78 Å². The molecule has 0 aromatic heterocycles. The highest BCUT2D eigenvalue weighted by atomic mass is 16.2. The van der Waals surface area contributed by atoms with Gasteiger partial charge in [0.1, 0.15) is 0 Å². The van der Waals surface area contributed by atoms with Crippen molar-refractivity contribution in [3.8, 4) is 0 Å². The van der Waals surface area contributed by atoms with E-state index in [9.17, 15) is 9.59 Å². The number of carbonyl (C=O) groups excluding carboxylic acids is 2. The smallest absolute Gasteiger partial charge is 0.242 e. The van der Waals surface area contributed by atoms with E-state index in [0.717, 1.165) is 5.69 Å². The molecule has 5 heteroatoms. The lowest BCUT2D eigenvalue weighted by Gasteiger charge is -2.24. The Bertz CT molecular complexity index is 496. The fraction of sp³-hybridized carbons (Fsp3) is 0.467. The van der Waals surface area contributed by atoms with Crippen LogP contribution in [0.3, 0.4) is 0 Å². The predicted molar refractivity (Wildman–Crippen MR) is 82.1 cm³/mol. The summed E-state index contributed by atoms with van der Waals surface area (Å²) in [7, 11) is 1.83. The van der Waals surface area contributed by atoms with E-state index in [2.05, 4.69) is 0 Å². The topological polar surface area (TPSA) is 66.6 Å². The molecular formula is C15H23N3O2. The van der Waals surface area contributed by atoms with Crippen molar-refractivity contribution in [1.82, 2.24) is 4.90 Å². The first-order valence-electron chi connectivity index (χ1n) is 6.80. The van der Waals surface area contributed by atoms with Gasteiger partial charge in [-0.25, -0.2) is 0 Å². The van der Waals surface area contributed by atoms with Crippen molar-refractivity contribution >= 4 is 23.1 Å². The zero-order valence-corrected chi connectivity index (χ0v) is 12.6. The van der Waals surface area contributed by atoms with Gasteiger partial charge in [0.05, 0.1) is 6.54 Å². The van der Waals surface area contributed by atoms with E-state index < -0.39 is 0 Å². The summed E-state index contributed by atoms with van der Waals surface area (Å²) in [4.78, 5) is 27.2. The molecule has 0 radical (unpaired) electrons. The maximum atomic E-state index is 12.1. The van der Waals surface area contributed by atoms with Gasteiger partial charge in [-0.05, 0) is 39.0 Å². The van der Waals surface area contributed by atoms with Crippen LogP contribution in [0.5, 0.6) is 0 Å². The number of ketones is 1. The minimum atomic E-state index is -0.0761. The van der Waals surface area contributed by atoms with Gasteiger partial charge in [-0.3, -0.25) is 9.59 Å². The summed E-state index contributed by atoms with van der Waals surface area (Å²) >= 11 is 0. The standard InChI is InChI=1S/C15H23N3O2/c1-5-18(6-2)15(20)10-17(4)12-7-8-14(16)13(9-12)11(3)19/h7-9H,5-6,10,16H2,1-4H3. The molecule has 0 fully saturated rings. The number of rotatable bonds is 6. The lowest BCUT2D eigenvalue weighted by atomic mass is 10.1. The molecule has 20 heavy (non-hydrogen) atoms. The number of hydrogen-bond acceptors (Lipinski definition) is 4. The number of Topliss-reactive ketones (excluding diaryl/α,β-unsaturated/α-hetero) is 1. The first kappa shape index (κ1) is 16.0. The largest absolute Gasteiger partial charge is 0.398 e. The van der Waals surface area contributed by atoms with Crippen LogP contribution in [0.1, 0.15) is 31.1 Å². The Morgan fingerprint density at radius 3 is 2.30 bits per heavy atom. The molecule has 0 aliphatic carbocycles. The molecule has 5 nitrogen and oxygen atoms in total. The molecule has 0 aliphatic heterocycles. The fourth-order valence-corrected chi connectivity index (χ4v) is 2.06. The number of nitrogens with zero attached hydrogens (tertiary/aromatic N) is 2. The molecule has 2 N–H and O–H groups in total. The van der Waals surface area contributed by atoms with Gasteiger partial charge in [-0.2, -0.15) is 0 Å². The number of benzene rings is 1. The van der Waals surface area contributed by atoms with Gasteiger partial charge in [-0.1, -0.05) is 0 Å². The zero-order valence-electron chi connectivity index (χ0n) is 12.6. The van der Waals surface area contributed by atoms with E-state index in [1.807, 2.05) is 31.9 Å². The molecule has 1 aromatic rings. The summed E-state index contributed by atoms with van der Waals surface area (Å²) in [5.41, 5.74) is 7.53. The summed E-state index contributed by atoms with van der Waals surface area (Å²) < 4.78 is 0. The number of carbonyl (C=O) groups is 2. The summed E-state index contributed by atoms with van der Waals surface area (Å²) in [5, 5.41) is 0. The molecule has 1 amide bonds. The van der Waals surface area contributed by atoms with Crippen LogP contribution >= 0.6 is 0 Å². The van der Waals surface area contributed by atoms with Crippen LogP contribution in [-0.2, 0) is 4.79 Å². The zero-order chi connectivity index (χ0) is 15.3. The number of anilines is 2. The second-order valence-electron chi connectivity index (χ2n) is 4.75. The van der Waals surface area contributed by atoms with Gasteiger partial charge in [0, 0.05) is 37.1 Å². The third kappa shape index (κ3) is 3.73. The van der Waals surface area contributed by atoms with Crippen LogP contribution in [0.4, 0.5) is 11.4 Å². The summed E-state index contributed by atoms with van der Waals surface area (Å²) in [6.45, 7) is 7.07. The average Bonchev–Trinajstić information content (AvgIpc) is 2.40. The first-order chi connectivity index (χ1) is 9.40. The molecule has 0 heterocycles. The normalized spacial score (nSPS) is 10.2. The summed E-state index contributed by atoms with van der Waals surface area (Å²) in [6, 6.07) is 5.24. The van der Waals surface area contributed by atoms with Gasteiger partial charge >= 0.3 is 0 Å². The number of nitrogens with two attached hydrogens (primary N) is 1. The van der Waals surface area contributed by atoms with Crippen molar-refractivity contribution in [2.75, 3.05) is 37.3 Å². The maximum Gasteiger partial charge on any atom is 0.242 e. The maximum absolute atomic E-state index is 12.1. The SMILES string of the molecule is CCN(CC)C(=O)CN(C)c1ccc(N)c(C(C)=O)c1. The molecule has 0 unspecified atom stereocenters. The van der Waals surface area contributed by atoms with E-state index in [0.29, 0.717) is 24.3 Å². The van der Waals surface area contributed by atoms with Crippen LogP contribution < -0.4 is 10.6 Å². The lowest BCUT2D eigenvalue weighted by Crippen LogP contribution is -2.38. The second kappa shape index (κ2) is 6.93. The highest BCUT2D eigenvalue weighted by molar-refractivity contribution is 6.00. The molecule has 0 saturated carbocycles. The fourth-order valence-electron chi connectivity index (χ4n) is 2.06. The van der Waals surface area contributed by atoms with E-state index in [1.54, 1.807) is 17.0 Å². The minimum absolute atomic E-state index is 0.0682. The number of likely N-dealkylation sites (N-methyl/N-ethyl adjacent to an activating group) is 2. The Kier molecular flexibility index (Phi) is 5.55. The third-order valence-electron chi connectivity index (χ3n) is 3.35. The van der Waals surface area contributed by atoms with Gasteiger partial charge < -0.3 is 15.5 Å². The van der Waals surface area contributed by atoms with Crippen molar-refractivity contribution in [3.05, 3.63) is 23.8 Å². The van der Waals surface area contributed by atoms with Crippen molar-refractivity contribution in [2.24, 2.45) is 0 Å². The molecule has 1 aromatic carbocycles. The highest BCUT2D eigenvalue weighted by Gasteiger charge is 2.14. The molecule has 1 rings (SSSR count). The van der Waals surface area contributed by atoms with Gasteiger partial charge in [0.2, 0.25) is 5.91 Å². The molecule has 110 valence electrons. The van der Waals surface area contributed by atoms with Gasteiger partial charge in [-0.15, -0.1) is 0 Å². The molecule has 0 bridgehead atoms. The molecule has 0 spiro atoms. The van der Waals surface area contributed by atoms with Crippen molar-refractivity contribution in [1.29, 1.82) is 0 Å². The monoisotopic (exact) mass is 277 g/mol. The predicted octanol–water partition coefficient (Wildman–Crippen LogP) is 1.78. The Hall–Kier alpha value is -2.04. The van der Waals surface area contributed by atoms with E-state index in [4.69, 9.17) is 5.73 Å². The van der Waals surface area contributed by atoms with Crippen LogP contribution in [0.15, 0.2) is 18.2 Å². The van der Waals surface area contributed by atoms with Crippen molar-refractivity contribution in [3.63, 3.8) is 0 Å². The van der Waals surface area contributed by atoms with E-state index in [-0.39, 0.29) is 18.2 Å². The minimum Gasteiger partial charge on any atom is -0.398 e. The number of nitrogen functional groups attached to an aromatic ring is 1. The Balaban J connectivity index is 2.87. The molecule has 0 atom stereocenters. The average molecular weight is 277 g/mol. The van der Waals surface area contributed by atoms with Crippen LogP contribution in [0.2, 0.25) is 0 Å². The molecule has 0 saturated heterocycles. The van der Waals surface area contributed by atoms with E-state index in [1.165, 1.54) is 6.92 Å². The Morgan fingerprint density at radius 2 is 1.80 bits per heavy atom. The van der Waals surface area contributed by atoms with Crippen molar-refractivity contribution in [2.45, 2.75) is 20.8 Å². The summed E-state index contributed by atoms with van der Waals surface area (Å²) in [5.74, 6) is -0.00785. The quantitative estimate of drug-likeness (QED) is 0.636. The van der Waals surface area contributed by atoms with Crippen LogP contribution in [0, 0.1) is 0 Å². The molecular weight excluding hydrogens is 254 g/mol. The number of amides is 1. The van der Waals surface area contributed by atoms with Gasteiger partial charge in [0.25, 0.3) is 0 Å². The summed E-state index contributed by atoms with van der Waals surface area (Å²) in [6.07, 6.45) is 0. The van der Waals surface area contributed by atoms with Crippen molar-refractivity contribution < 1.29 is 9.59 Å². The Labute approximate surface area is 120 Å². The van der Waals surface area contributed by atoms with Crippen LogP contribution in [0.25, 0.3) is 0 Å². The Morgan fingerprint density at radius 1 is 1.20 bits per heavy atom. The molecule has 0 aliphatic rings. The first-order valence-corrected chi connectivity index (χ1v) is 6.80. The number of hydrogen-bond donors (Lipinski definition) is 1. The third-order valence-corrected chi connectivity index (χ3v) is 3.35. The van der Waals surface area contributed by atoms with Crippen LogP contribution in [-0.4, -0.2) is 43.3 Å². The second-order valence-corrected chi connectivity index (χ2v) is 4.75. The lowest BCUT2D eigenvalue weighted by molar-refractivity contribution is -0.129.